The Balaban J connectivity index is 1.81. The molecule has 2 N–H and O–H groups in total. The molecule has 0 aliphatic rings. The summed E-state index contributed by atoms with van der Waals surface area (Å²) in [6.07, 6.45) is 0. The molecule has 25 heavy (non-hydrogen) atoms. The van der Waals surface area contributed by atoms with Gasteiger partial charge in [0.25, 0.3) is 0 Å². The SMILES string of the molecule is COC(=O)c1ccc(CNc2nc3c(C)c(C)c(O)c(C)c3s2)cc1. The molecule has 6 heteroatoms. The molecule has 0 radical (unpaired) electrons. The van der Waals surface area contributed by atoms with Crippen LogP contribution in [0.4, 0.5) is 5.13 Å². The fraction of sp³-hybridized carbons (Fsp3) is 0.263. The quantitative estimate of drug-likeness (QED) is 0.681. The molecule has 1 heterocycles. The lowest BCUT2D eigenvalue weighted by Crippen LogP contribution is -2.02. The lowest BCUT2D eigenvalue weighted by molar-refractivity contribution is 0.0600. The molecule has 0 saturated carbocycles. The van der Waals surface area contributed by atoms with Gasteiger partial charge in [-0.15, -0.1) is 0 Å². The number of carbonyl (C=O) groups is 1. The highest BCUT2D eigenvalue weighted by Gasteiger charge is 2.15. The Morgan fingerprint density at radius 3 is 2.48 bits per heavy atom. The van der Waals surface area contributed by atoms with E-state index in [1.54, 1.807) is 12.1 Å². The molecule has 0 aliphatic heterocycles. The number of aromatic hydroxyl groups is 1. The molecule has 0 atom stereocenters. The monoisotopic (exact) mass is 356 g/mol. The molecule has 3 rings (SSSR count). The third kappa shape index (κ3) is 3.17. The summed E-state index contributed by atoms with van der Waals surface area (Å²) in [7, 11) is 1.37. The van der Waals surface area contributed by atoms with E-state index < -0.39 is 0 Å². The van der Waals surface area contributed by atoms with Crippen molar-refractivity contribution in [2.75, 3.05) is 12.4 Å². The normalized spacial score (nSPS) is 10.9. The summed E-state index contributed by atoms with van der Waals surface area (Å²) < 4.78 is 5.70. The first kappa shape index (κ1) is 17.2. The lowest BCUT2D eigenvalue weighted by Gasteiger charge is -2.07. The highest BCUT2D eigenvalue weighted by atomic mass is 32.1. The summed E-state index contributed by atoms with van der Waals surface area (Å²) in [6, 6.07) is 7.27. The zero-order valence-corrected chi connectivity index (χ0v) is 15.5. The minimum atomic E-state index is -0.341. The second kappa shape index (κ2) is 6.72. The molecule has 0 spiro atoms. The van der Waals surface area contributed by atoms with E-state index in [0.29, 0.717) is 17.9 Å². The van der Waals surface area contributed by atoms with Crippen molar-refractivity contribution in [2.24, 2.45) is 0 Å². The van der Waals surface area contributed by atoms with Crippen LogP contribution >= 0.6 is 11.3 Å². The Hall–Kier alpha value is -2.60. The van der Waals surface area contributed by atoms with Crippen molar-refractivity contribution in [3.63, 3.8) is 0 Å². The second-order valence-corrected chi connectivity index (χ2v) is 6.96. The van der Waals surface area contributed by atoms with Crippen molar-refractivity contribution in [2.45, 2.75) is 27.3 Å². The number of benzene rings is 2. The van der Waals surface area contributed by atoms with Crippen molar-refractivity contribution in [3.8, 4) is 5.75 Å². The van der Waals surface area contributed by atoms with Gasteiger partial charge in [-0.3, -0.25) is 0 Å². The molecule has 1 aromatic heterocycles. The van der Waals surface area contributed by atoms with Crippen LogP contribution in [0.3, 0.4) is 0 Å². The van der Waals surface area contributed by atoms with Gasteiger partial charge < -0.3 is 15.2 Å². The van der Waals surface area contributed by atoms with E-state index >= 15 is 0 Å². The van der Waals surface area contributed by atoms with Gasteiger partial charge in [0.05, 0.1) is 22.9 Å². The first-order chi connectivity index (χ1) is 11.9. The standard InChI is InChI=1S/C19H20N2O3S/c1-10-11(2)16(22)12(3)17-15(10)21-19(25-17)20-9-13-5-7-14(8-6-13)18(23)24-4/h5-8,22H,9H2,1-4H3,(H,20,21). The molecule has 2 aromatic carbocycles. The zero-order valence-electron chi connectivity index (χ0n) is 14.6. The summed E-state index contributed by atoms with van der Waals surface area (Å²) in [6.45, 7) is 6.40. The van der Waals surface area contributed by atoms with Gasteiger partial charge in [0.1, 0.15) is 5.75 Å². The molecule has 0 saturated heterocycles. The molecule has 3 aromatic rings. The van der Waals surface area contributed by atoms with Gasteiger partial charge in [-0.25, -0.2) is 9.78 Å². The maximum Gasteiger partial charge on any atom is 0.337 e. The topological polar surface area (TPSA) is 71.5 Å². The van der Waals surface area contributed by atoms with Crippen molar-refractivity contribution < 1.29 is 14.6 Å². The highest BCUT2D eigenvalue weighted by Crippen LogP contribution is 2.38. The van der Waals surface area contributed by atoms with Gasteiger partial charge in [0, 0.05) is 12.1 Å². The second-order valence-electron chi connectivity index (χ2n) is 5.96. The predicted molar refractivity (Wildman–Crippen MR) is 101 cm³/mol. The fourth-order valence-corrected chi connectivity index (χ4v) is 3.72. The van der Waals surface area contributed by atoms with Gasteiger partial charge in [-0.05, 0) is 49.6 Å². The number of hydrogen-bond acceptors (Lipinski definition) is 6. The van der Waals surface area contributed by atoms with E-state index in [0.717, 1.165) is 37.6 Å². The summed E-state index contributed by atoms with van der Waals surface area (Å²) >= 11 is 1.54. The molecule has 0 bridgehead atoms. The third-order valence-corrected chi connectivity index (χ3v) is 5.55. The molecular weight excluding hydrogens is 336 g/mol. The Kier molecular flexibility index (Phi) is 4.63. The number of aromatic nitrogens is 1. The van der Waals surface area contributed by atoms with Crippen molar-refractivity contribution in [1.82, 2.24) is 4.98 Å². The van der Waals surface area contributed by atoms with E-state index in [-0.39, 0.29) is 5.97 Å². The number of nitrogens with zero attached hydrogens (tertiary/aromatic N) is 1. The van der Waals surface area contributed by atoms with E-state index in [2.05, 4.69) is 10.3 Å². The molecule has 0 unspecified atom stereocenters. The Bertz CT molecular complexity index is 901. The maximum atomic E-state index is 11.5. The number of fused-ring (bicyclic) bond motifs is 1. The van der Waals surface area contributed by atoms with Crippen LogP contribution in [0.15, 0.2) is 24.3 Å². The molecule has 0 fully saturated rings. The van der Waals surface area contributed by atoms with Gasteiger partial charge in [0.2, 0.25) is 0 Å². The van der Waals surface area contributed by atoms with Crippen LogP contribution < -0.4 is 5.32 Å². The summed E-state index contributed by atoms with van der Waals surface area (Å²) in [5.41, 5.74) is 5.25. The average Bonchev–Trinajstić information content (AvgIpc) is 3.07. The third-order valence-electron chi connectivity index (χ3n) is 4.41. The minimum absolute atomic E-state index is 0.341. The van der Waals surface area contributed by atoms with Crippen LogP contribution in [-0.2, 0) is 11.3 Å². The van der Waals surface area contributed by atoms with Crippen molar-refractivity contribution >= 4 is 32.7 Å². The van der Waals surface area contributed by atoms with Crippen LogP contribution in [0.2, 0.25) is 0 Å². The van der Waals surface area contributed by atoms with Crippen LogP contribution in [0.25, 0.3) is 10.2 Å². The van der Waals surface area contributed by atoms with Gasteiger partial charge in [-0.2, -0.15) is 0 Å². The number of nitrogens with one attached hydrogen (secondary N) is 1. The smallest absolute Gasteiger partial charge is 0.337 e. The van der Waals surface area contributed by atoms with E-state index in [1.807, 2.05) is 32.9 Å². The Morgan fingerprint density at radius 2 is 1.84 bits per heavy atom. The number of phenolic OH excluding ortho intramolecular Hbond substituents is 1. The molecule has 0 amide bonds. The van der Waals surface area contributed by atoms with Crippen LogP contribution in [-0.4, -0.2) is 23.2 Å². The predicted octanol–water partition coefficient (Wildman–Crippen LogP) is 4.33. The number of carbonyl (C=O) groups excluding carboxylic acids is 1. The highest BCUT2D eigenvalue weighted by molar-refractivity contribution is 7.22. The van der Waals surface area contributed by atoms with Crippen LogP contribution in [0, 0.1) is 20.8 Å². The number of rotatable bonds is 4. The van der Waals surface area contributed by atoms with Crippen molar-refractivity contribution in [1.29, 1.82) is 0 Å². The zero-order chi connectivity index (χ0) is 18.1. The average molecular weight is 356 g/mol. The Morgan fingerprint density at radius 1 is 1.16 bits per heavy atom. The van der Waals surface area contributed by atoms with Crippen LogP contribution in [0.1, 0.15) is 32.6 Å². The number of phenols is 1. The Labute approximate surface area is 150 Å². The first-order valence-corrected chi connectivity index (χ1v) is 8.74. The number of hydrogen-bond donors (Lipinski definition) is 2. The maximum absolute atomic E-state index is 11.5. The number of methoxy groups -OCH3 is 1. The summed E-state index contributed by atoms with van der Waals surface area (Å²) in [5, 5.41) is 14.3. The van der Waals surface area contributed by atoms with Gasteiger partial charge >= 0.3 is 5.97 Å². The minimum Gasteiger partial charge on any atom is -0.507 e. The fourth-order valence-electron chi connectivity index (χ4n) is 2.70. The van der Waals surface area contributed by atoms with Crippen LogP contribution in [0.5, 0.6) is 5.75 Å². The van der Waals surface area contributed by atoms with E-state index in [9.17, 15) is 9.90 Å². The first-order valence-electron chi connectivity index (χ1n) is 7.92. The number of aryl methyl sites for hydroxylation is 2. The number of esters is 1. The van der Waals surface area contributed by atoms with E-state index in [4.69, 9.17) is 4.74 Å². The molecular formula is C19H20N2O3S. The van der Waals surface area contributed by atoms with Gasteiger partial charge in [0.15, 0.2) is 5.13 Å². The summed E-state index contributed by atoms with van der Waals surface area (Å²) in [5.74, 6) is 0.00501. The molecule has 5 nitrogen and oxygen atoms in total. The van der Waals surface area contributed by atoms with E-state index in [1.165, 1.54) is 18.4 Å². The number of ether oxygens (including phenoxy) is 1. The largest absolute Gasteiger partial charge is 0.507 e. The number of thiazole rings is 1. The summed E-state index contributed by atoms with van der Waals surface area (Å²) in [4.78, 5) is 16.1. The molecule has 130 valence electrons. The van der Waals surface area contributed by atoms with Crippen molar-refractivity contribution in [3.05, 3.63) is 52.1 Å². The lowest BCUT2D eigenvalue weighted by atomic mass is 10.0. The molecule has 0 aliphatic carbocycles. The number of anilines is 1. The van der Waals surface area contributed by atoms with Gasteiger partial charge in [-0.1, -0.05) is 23.5 Å².